The molecule has 0 aromatic heterocycles. The molecule has 0 saturated carbocycles. The van der Waals surface area contributed by atoms with Crippen LogP contribution in [0, 0.1) is 0 Å². The molecule has 0 aliphatic rings. The standard InChI is InChI=1S/C14H19F2O4PS/c1-4-19-21(18,20-5-2)14(15,16)13-8-6-12(7-9-13)10-22-11(3)17/h6-9H,4-5,10H2,1-3H3. The number of carbonyl (C=O) groups excluding carboxylic acids is 1. The molecule has 0 spiro atoms. The van der Waals surface area contributed by atoms with Crippen molar-refractivity contribution in [1.29, 1.82) is 0 Å². The minimum atomic E-state index is -4.58. The van der Waals surface area contributed by atoms with Crippen molar-refractivity contribution in [3.05, 3.63) is 35.4 Å². The fraction of sp³-hybridized carbons (Fsp3) is 0.500. The number of halogens is 2. The highest BCUT2D eigenvalue weighted by Gasteiger charge is 2.54. The van der Waals surface area contributed by atoms with Gasteiger partial charge in [-0.15, -0.1) is 0 Å². The third-order valence-electron chi connectivity index (χ3n) is 2.69. The van der Waals surface area contributed by atoms with Gasteiger partial charge in [-0.3, -0.25) is 9.36 Å². The third-order valence-corrected chi connectivity index (χ3v) is 5.71. The first-order valence-corrected chi connectivity index (χ1v) is 9.29. The average Bonchev–Trinajstić information content (AvgIpc) is 2.46. The van der Waals surface area contributed by atoms with Gasteiger partial charge in [0.1, 0.15) is 0 Å². The second kappa shape index (κ2) is 8.20. The molecule has 0 aliphatic heterocycles. The van der Waals surface area contributed by atoms with E-state index in [1.54, 1.807) is 0 Å². The van der Waals surface area contributed by atoms with Crippen LogP contribution in [0.25, 0.3) is 0 Å². The molecule has 1 aromatic carbocycles. The van der Waals surface area contributed by atoms with Crippen molar-refractivity contribution in [3.63, 3.8) is 0 Å². The molecule has 0 N–H and O–H groups in total. The summed E-state index contributed by atoms with van der Waals surface area (Å²) < 4.78 is 50.7. The molecular formula is C14H19F2O4PS. The summed E-state index contributed by atoms with van der Waals surface area (Å²) in [5, 5.41) is -0.0494. The molecule has 4 nitrogen and oxygen atoms in total. The van der Waals surface area contributed by atoms with E-state index in [-0.39, 0.29) is 18.3 Å². The number of carbonyl (C=O) groups is 1. The maximum atomic E-state index is 14.5. The topological polar surface area (TPSA) is 52.6 Å². The van der Waals surface area contributed by atoms with Crippen LogP contribution in [-0.2, 0) is 29.8 Å². The van der Waals surface area contributed by atoms with Gasteiger partial charge in [0, 0.05) is 18.2 Å². The Morgan fingerprint density at radius 1 is 1.18 bits per heavy atom. The molecule has 0 heterocycles. The van der Waals surface area contributed by atoms with E-state index in [2.05, 4.69) is 0 Å². The van der Waals surface area contributed by atoms with Gasteiger partial charge in [0.15, 0.2) is 5.12 Å². The Hall–Kier alpha value is -0.750. The van der Waals surface area contributed by atoms with Crippen LogP contribution in [0.2, 0.25) is 0 Å². The molecule has 0 bridgehead atoms. The van der Waals surface area contributed by atoms with Crippen molar-refractivity contribution in [2.45, 2.75) is 32.2 Å². The normalized spacial score (nSPS) is 12.4. The SMILES string of the molecule is CCOP(=O)(OCC)C(F)(F)c1ccc(CSC(C)=O)cc1. The highest BCUT2D eigenvalue weighted by Crippen LogP contribution is 2.66. The zero-order chi connectivity index (χ0) is 16.8. The highest BCUT2D eigenvalue weighted by molar-refractivity contribution is 8.12. The Labute approximate surface area is 133 Å². The molecule has 0 unspecified atom stereocenters. The molecule has 1 rings (SSSR count). The Bertz CT molecular complexity index is 538. The summed E-state index contributed by atoms with van der Waals surface area (Å²) in [6.45, 7) is 4.11. The molecule has 1 aromatic rings. The summed E-state index contributed by atoms with van der Waals surface area (Å²) in [4.78, 5) is 10.9. The molecule has 0 amide bonds. The first kappa shape index (κ1) is 19.3. The van der Waals surface area contributed by atoms with Crippen molar-refractivity contribution < 1.29 is 27.2 Å². The monoisotopic (exact) mass is 352 g/mol. The van der Waals surface area contributed by atoms with Gasteiger partial charge in [0.05, 0.1) is 13.2 Å². The largest absolute Gasteiger partial charge is 0.404 e. The number of alkyl halides is 2. The third kappa shape index (κ3) is 4.62. The van der Waals surface area contributed by atoms with Crippen LogP contribution in [0.5, 0.6) is 0 Å². The maximum Gasteiger partial charge on any atom is 0.404 e. The molecule has 0 fully saturated rings. The molecule has 0 atom stereocenters. The van der Waals surface area contributed by atoms with Crippen LogP contribution < -0.4 is 0 Å². The van der Waals surface area contributed by atoms with E-state index in [1.807, 2.05) is 0 Å². The van der Waals surface area contributed by atoms with E-state index in [1.165, 1.54) is 45.0 Å². The Balaban J connectivity index is 3.00. The van der Waals surface area contributed by atoms with Gasteiger partial charge in [-0.2, -0.15) is 8.78 Å². The van der Waals surface area contributed by atoms with Crippen LogP contribution in [0.1, 0.15) is 31.9 Å². The maximum absolute atomic E-state index is 14.5. The first-order valence-electron chi connectivity index (χ1n) is 6.76. The fourth-order valence-electron chi connectivity index (χ4n) is 1.68. The second-order valence-corrected chi connectivity index (χ2v) is 7.58. The second-order valence-electron chi connectivity index (χ2n) is 4.35. The molecule has 22 heavy (non-hydrogen) atoms. The summed E-state index contributed by atoms with van der Waals surface area (Å²) in [7, 11) is -4.58. The van der Waals surface area contributed by atoms with Gasteiger partial charge in [0.2, 0.25) is 0 Å². The predicted octanol–water partition coefficient (Wildman–Crippen LogP) is 4.78. The van der Waals surface area contributed by atoms with Gasteiger partial charge in [-0.05, 0) is 19.4 Å². The average molecular weight is 352 g/mol. The predicted molar refractivity (Wildman–Crippen MR) is 83.2 cm³/mol. The summed E-state index contributed by atoms with van der Waals surface area (Å²) in [5.41, 5.74) is -3.44. The van der Waals surface area contributed by atoms with Crippen molar-refractivity contribution in [1.82, 2.24) is 0 Å². The van der Waals surface area contributed by atoms with Crippen molar-refractivity contribution >= 4 is 24.5 Å². The lowest BCUT2D eigenvalue weighted by Crippen LogP contribution is -2.18. The quantitative estimate of drug-likeness (QED) is 0.630. The van der Waals surface area contributed by atoms with E-state index >= 15 is 0 Å². The molecule has 8 heteroatoms. The van der Waals surface area contributed by atoms with Crippen LogP contribution in [0.3, 0.4) is 0 Å². The summed E-state index contributed by atoms with van der Waals surface area (Å²) in [5.74, 6) is 0.399. The summed E-state index contributed by atoms with van der Waals surface area (Å²) in [6.07, 6.45) is 0. The smallest absolute Gasteiger partial charge is 0.304 e. The molecule has 124 valence electrons. The summed E-state index contributed by atoms with van der Waals surface area (Å²) in [6, 6.07) is 5.31. The lowest BCUT2D eigenvalue weighted by atomic mass is 10.1. The minimum absolute atomic E-state index is 0.0494. The molecule has 0 aliphatic carbocycles. The lowest BCUT2D eigenvalue weighted by molar-refractivity contribution is -0.109. The molecule has 0 radical (unpaired) electrons. The zero-order valence-corrected chi connectivity index (χ0v) is 14.4. The van der Waals surface area contributed by atoms with Crippen LogP contribution in [0.15, 0.2) is 24.3 Å². The number of rotatable bonds is 8. The first-order chi connectivity index (χ1) is 10.3. The van der Waals surface area contributed by atoms with Crippen LogP contribution >= 0.6 is 19.4 Å². The lowest BCUT2D eigenvalue weighted by Gasteiger charge is -2.26. The van der Waals surface area contributed by atoms with Gasteiger partial charge in [-0.1, -0.05) is 36.0 Å². The van der Waals surface area contributed by atoms with Crippen LogP contribution in [-0.4, -0.2) is 18.3 Å². The van der Waals surface area contributed by atoms with Gasteiger partial charge >= 0.3 is 13.3 Å². The Morgan fingerprint density at radius 3 is 2.09 bits per heavy atom. The van der Waals surface area contributed by atoms with E-state index < -0.39 is 18.8 Å². The zero-order valence-electron chi connectivity index (χ0n) is 12.7. The highest BCUT2D eigenvalue weighted by atomic mass is 32.2. The van der Waals surface area contributed by atoms with E-state index in [0.717, 1.165) is 17.3 Å². The van der Waals surface area contributed by atoms with Gasteiger partial charge in [-0.25, -0.2) is 0 Å². The number of thioether (sulfide) groups is 1. The van der Waals surface area contributed by atoms with Crippen molar-refractivity contribution in [2.24, 2.45) is 0 Å². The van der Waals surface area contributed by atoms with Gasteiger partial charge in [0.25, 0.3) is 0 Å². The van der Waals surface area contributed by atoms with Crippen LogP contribution in [0.4, 0.5) is 8.78 Å². The number of hydrogen-bond acceptors (Lipinski definition) is 5. The van der Waals surface area contributed by atoms with E-state index in [9.17, 15) is 18.1 Å². The van der Waals surface area contributed by atoms with Crippen molar-refractivity contribution in [2.75, 3.05) is 13.2 Å². The molecule has 0 saturated heterocycles. The van der Waals surface area contributed by atoms with Crippen molar-refractivity contribution in [3.8, 4) is 0 Å². The molecular weight excluding hydrogens is 333 g/mol. The Kier molecular flexibility index (Phi) is 7.19. The summed E-state index contributed by atoms with van der Waals surface area (Å²) >= 11 is 1.09. The van der Waals surface area contributed by atoms with Gasteiger partial charge < -0.3 is 9.05 Å². The van der Waals surface area contributed by atoms with E-state index in [4.69, 9.17) is 9.05 Å². The number of hydrogen-bond donors (Lipinski definition) is 0. The Morgan fingerprint density at radius 2 is 1.68 bits per heavy atom. The number of benzene rings is 1. The minimum Gasteiger partial charge on any atom is -0.304 e. The van der Waals surface area contributed by atoms with E-state index in [0.29, 0.717) is 5.75 Å². The fourth-order valence-corrected chi connectivity index (χ4v) is 3.79.